The molecule has 0 radical (unpaired) electrons. The summed E-state index contributed by atoms with van der Waals surface area (Å²) in [7, 11) is 0. The van der Waals surface area contributed by atoms with Crippen molar-refractivity contribution in [3.63, 3.8) is 0 Å². The maximum Gasteiger partial charge on any atom is 0.416 e. The van der Waals surface area contributed by atoms with E-state index in [1.54, 1.807) is 6.92 Å². The van der Waals surface area contributed by atoms with Crippen molar-refractivity contribution < 1.29 is 13.2 Å². The van der Waals surface area contributed by atoms with Crippen LogP contribution in [0.3, 0.4) is 0 Å². The van der Waals surface area contributed by atoms with Gasteiger partial charge in [-0.1, -0.05) is 5.92 Å². The summed E-state index contributed by atoms with van der Waals surface area (Å²) in [4.78, 5) is 0.621. The van der Waals surface area contributed by atoms with Gasteiger partial charge < -0.3 is 5.73 Å². The molecule has 0 unspecified atom stereocenters. The van der Waals surface area contributed by atoms with Crippen LogP contribution in [-0.2, 0) is 6.18 Å². The molecule has 0 atom stereocenters. The van der Waals surface area contributed by atoms with Gasteiger partial charge in [0.2, 0.25) is 0 Å². The summed E-state index contributed by atoms with van der Waals surface area (Å²) in [5, 5.41) is 0. The van der Waals surface area contributed by atoms with Crippen molar-refractivity contribution in [1.29, 1.82) is 0 Å². The average molecular weight is 245 g/mol. The molecule has 0 aliphatic heterocycles. The molecule has 0 aromatic heterocycles. The molecule has 1 rings (SSSR count). The first kappa shape index (κ1) is 12.8. The lowest BCUT2D eigenvalue weighted by atomic mass is 10.2. The van der Waals surface area contributed by atoms with Crippen LogP contribution in [0, 0.1) is 11.8 Å². The molecule has 1 nitrogen and oxygen atoms in total. The largest absolute Gasteiger partial charge is 0.416 e. The number of halogens is 3. The third-order valence-electron chi connectivity index (χ3n) is 1.81. The molecule has 5 heteroatoms. The maximum absolute atomic E-state index is 12.3. The van der Waals surface area contributed by atoms with Gasteiger partial charge in [-0.15, -0.1) is 17.7 Å². The van der Waals surface area contributed by atoms with Crippen LogP contribution < -0.4 is 5.73 Å². The van der Waals surface area contributed by atoms with Gasteiger partial charge in [0.05, 0.1) is 11.3 Å². The molecule has 86 valence electrons. The molecule has 1 aromatic rings. The van der Waals surface area contributed by atoms with Crippen LogP contribution in [0.2, 0.25) is 0 Å². The summed E-state index contributed by atoms with van der Waals surface area (Å²) in [6.45, 7) is 1.71. The van der Waals surface area contributed by atoms with Crippen molar-refractivity contribution in [2.24, 2.45) is 0 Å². The van der Waals surface area contributed by atoms with Gasteiger partial charge in [-0.2, -0.15) is 13.2 Å². The third-order valence-corrected chi connectivity index (χ3v) is 2.79. The van der Waals surface area contributed by atoms with E-state index in [0.717, 1.165) is 12.1 Å². The molecule has 0 saturated heterocycles. The minimum Gasteiger partial charge on any atom is -0.398 e. The molecule has 0 saturated carbocycles. The Morgan fingerprint density at radius 1 is 1.38 bits per heavy atom. The highest BCUT2D eigenvalue weighted by Crippen LogP contribution is 2.34. The Labute approximate surface area is 96.2 Å². The summed E-state index contributed by atoms with van der Waals surface area (Å²) in [5.41, 5.74) is 4.94. The minimum absolute atomic E-state index is 0.137. The Hall–Kier alpha value is -1.28. The zero-order chi connectivity index (χ0) is 12.2. The summed E-state index contributed by atoms with van der Waals surface area (Å²) < 4.78 is 37.0. The van der Waals surface area contributed by atoms with E-state index in [2.05, 4.69) is 11.8 Å². The van der Waals surface area contributed by atoms with Crippen molar-refractivity contribution in [3.8, 4) is 11.8 Å². The van der Waals surface area contributed by atoms with Crippen molar-refractivity contribution in [2.45, 2.75) is 18.0 Å². The van der Waals surface area contributed by atoms with Crippen molar-refractivity contribution in [2.75, 3.05) is 11.5 Å². The number of rotatable bonds is 2. The monoisotopic (exact) mass is 245 g/mol. The lowest BCUT2D eigenvalue weighted by Crippen LogP contribution is -2.05. The van der Waals surface area contributed by atoms with Crippen LogP contribution in [0.4, 0.5) is 18.9 Å². The zero-order valence-corrected chi connectivity index (χ0v) is 9.38. The Bertz CT molecular complexity index is 429. The summed E-state index contributed by atoms with van der Waals surface area (Å²) in [6, 6.07) is 3.35. The average Bonchev–Trinajstić information content (AvgIpc) is 2.19. The lowest BCUT2D eigenvalue weighted by Gasteiger charge is -2.09. The van der Waals surface area contributed by atoms with E-state index in [4.69, 9.17) is 5.73 Å². The van der Waals surface area contributed by atoms with Crippen molar-refractivity contribution >= 4 is 17.4 Å². The second-order valence-corrected chi connectivity index (χ2v) is 3.98. The predicted molar refractivity (Wildman–Crippen MR) is 60.0 cm³/mol. The third kappa shape index (κ3) is 3.38. The minimum atomic E-state index is -4.35. The van der Waals surface area contributed by atoms with Crippen molar-refractivity contribution in [3.05, 3.63) is 23.8 Å². The van der Waals surface area contributed by atoms with Crippen LogP contribution in [-0.4, -0.2) is 5.75 Å². The molecule has 0 aliphatic carbocycles. The fourth-order valence-electron chi connectivity index (χ4n) is 1.04. The maximum atomic E-state index is 12.3. The zero-order valence-electron chi connectivity index (χ0n) is 8.56. The van der Waals surface area contributed by atoms with Crippen LogP contribution in [0.5, 0.6) is 0 Å². The molecular formula is C11H10F3NS. The van der Waals surface area contributed by atoms with Gasteiger partial charge in [0.15, 0.2) is 0 Å². The highest BCUT2D eigenvalue weighted by molar-refractivity contribution is 7.99. The summed E-state index contributed by atoms with van der Waals surface area (Å²) >= 11 is 1.32. The molecule has 1 aromatic carbocycles. The van der Waals surface area contributed by atoms with Gasteiger partial charge in [0.1, 0.15) is 0 Å². The molecule has 0 fully saturated rings. The van der Waals surface area contributed by atoms with Gasteiger partial charge in [0, 0.05) is 10.6 Å². The number of anilines is 1. The number of thioether (sulfide) groups is 1. The van der Waals surface area contributed by atoms with Gasteiger partial charge in [-0.05, 0) is 25.1 Å². The smallest absolute Gasteiger partial charge is 0.398 e. The van der Waals surface area contributed by atoms with Crippen LogP contribution in [0.15, 0.2) is 23.1 Å². The summed E-state index contributed by atoms with van der Waals surface area (Å²) in [5.74, 6) is 6.03. The lowest BCUT2D eigenvalue weighted by molar-refractivity contribution is -0.137. The highest BCUT2D eigenvalue weighted by atomic mass is 32.2. The first-order chi connectivity index (χ1) is 7.45. The second-order valence-electron chi connectivity index (χ2n) is 2.97. The molecule has 16 heavy (non-hydrogen) atoms. The van der Waals surface area contributed by atoms with E-state index in [9.17, 15) is 13.2 Å². The van der Waals surface area contributed by atoms with E-state index in [1.165, 1.54) is 17.8 Å². The Balaban J connectivity index is 2.86. The van der Waals surface area contributed by atoms with Crippen LogP contribution in [0.25, 0.3) is 0 Å². The number of nitrogens with two attached hydrogens (primary N) is 1. The molecule has 0 bridgehead atoms. The number of alkyl halides is 3. The fraction of sp³-hybridized carbons (Fsp3) is 0.273. The standard InChI is InChI=1S/C11H10F3NS/c1-2-3-6-16-10-5-4-8(7-9(10)15)11(12,13)14/h4-5,7H,6,15H2,1H3. The molecular weight excluding hydrogens is 235 g/mol. The van der Waals surface area contributed by atoms with E-state index < -0.39 is 11.7 Å². The number of benzene rings is 1. The normalized spacial score (nSPS) is 10.8. The fourth-order valence-corrected chi connectivity index (χ4v) is 1.80. The Morgan fingerprint density at radius 3 is 2.56 bits per heavy atom. The molecule has 0 spiro atoms. The topological polar surface area (TPSA) is 26.0 Å². The number of hydrogen-bond donors (Lipinski definition) is 1. The van der Waals surface area contributed by atoms with Crippen LogP contribution >= 0.6 is 11.8 Å². The SMILES string of the molecule is CC#CCSc1ccc(C(F)(F)F)cc1N. The predicted octanol–water partition coefficient (Wildman–Crippen LogP) is 3.40. The molecule has 0 aliphatic rings. The number of nitrogen functional groups attached to an aromatic ring is 1. The summed E-state index contributed by atoms with van der Waals surface area (Å²) in [6.07, 6.45) is -4.35. The van der Waals surface area contributed by atoms with E-state index in [0.29, 0.717) is 10.6 Å². The van der Waals surface area contributed by atoms with Gasteiger partial charge in [-0.25, -0.2) is 0 Å². The second kappa shape index (κ2) is 5.17. The van der Waals surface area contributed by atoms with Crippen LogP contribution in [0.1, 0.15) is 12.5 Å². The molecule has 2 N–H and O–H groups in total. The number of hydrogen-bond acceptors (Lipinski definition) is 2. The Kier molecular flexibility index (Phi) is 4.13. The Morgan fingerprint density at radius 2 is 2.06 bits per heavy atom. The van der Waals surface area contributed by atoms with E-state index in [1.807, 2.05) is 0 Å². The van der Waals surface area contributed by atoms with Gasteiger partial charge in [-0.3, -0.25) is 0 Å². The first-order valence-corrected chi connectivity index (χ1v) is 5.43. The van der Waals surface area contributed by atoms with Gasteiger partial charge in [0.25, 0.3) is 0 Å². The van der Waals surface area contributed by atoms with Crippen molar-refractivity contribution in [1.82, 2.24) is 0 Å². The molecule has 0 heterocycles. The van der Waals surface area contributed by atoms with Gasteiger partial charge >= 0.3 is 6.18 Å². The quantitative estimate of drug-likeness (QED) is 0.491. The molecule has 0 amide bonds. The van der Waals surface area contributed by atoms with E-state index >= 15 is 0 Å². The first-order valence-electron chi connectivity index (χ1n) is 4.44. The highest BCUT2D eigenvalue weighted by Gasteiger charge is 2.30. The van der Waals surface area contributed by atoms with E-state index in [-0.39, 0.29) is 5.69 Å².